The van der Waals surface area contributed by atoms with Gasteiger partial charge in [0.15, 0.2) is 0 Å². The molecule has 0 spiro atoms. The number of ether oxygens (including phenoxy) is 1. The van der Waals surface area contributed by atoms with Crippen molar-refractivity contribution in [1.82, 2.24) is 0 Å². The van der Waals surface area contributed by atoms with Crippen molar-refractivity contribution in [3.63, 3.8) is 0 Å². The lowest BCUT2D eigenvalue weighted by Gasteiger charge is -2.30. The first-order chi connectivity index (χ1) is 7.19. The average Bonchev–Trinajstić information content (AvgIpc) is 2.23. The second-order valence-corrected chi connectivity index (χ2v) is 4.18. The fraction of sp³-hybridized carbons (Fsp3) is 0.833. The highest BCUT2D eigenvalue weighted by molar-refractivity contribution is 4.95. The number of hydrogen-bond donors (Lipinski definition) is 1. The summed E-state index contributed by atoms with van der Waals surface area (Å²) in [7, 11) is 0. The fourth-order valence-electron chi connectivity index (χ4n) is 1.92. The van der Waals surface area contributed by atoms with Gasteiger partial charge in [0.2, 0.25) is 0 Å². The third-order valence-electron chi connectivity index (χ3n) is 3.06. The van der Waals surface area contributed by atoms with Gasteiger partial charge in [-0.1, -0.05) is 19.1 Å². The molecule has 15 heavy (non-hydrogen) atoms. The molecule has 2 unspecified atom stereocenters. The molecule has 0 radical (unpaired) electrons. The van der Waals surface area contributed by atoms with Crippen LogP contribution in [0.1, 0.15) is 33.1 Å². The zero-order valence-electron chi connectivity index (χ0n) is 9.53. The molecule has 0 fully saturated rings. The van der Waals surface area contributed by atoms with Crippen molar-refractivity contribution >= 4 is 0 Å². The Labute approximate surface area is 91.1 Å². The van der Waals surface area contributed by atoms with E-state index in [2.05, 4.69) is 0 Å². The highest BCUT2D eigenvalue weighted by atomic mass is 19.1. The van der Waals surface area contributed by atoms with Gasteiger partial charge in [0.1, 0.15) is 6.17 Å². The van der Waals surface area contributed by atoms with Gasteiger partial charge in [0.05, 0.1) is 12.2 Å². The summed E-state index contributed by atoms with van der Waals surface area (Å²) in [6.45, 7) is 3.89. The molecular formula is C12H21FO2. The maximum atomic E-state index is 13.4. The number of allylic oxidation sites excluding steroid dienone is 1. The van der Waals surface area contributed by atoms with E-state index >= 15 is 0 Å². The smallest absolute Gasteiger partial charge is 0.144 e. The Hall–Kier alpha value is -0.410. The van der Waals surface area contributed by atoms with Gasteiger partial charge in [-0.2, -0.15) is 0 Å². The Morgan fingerprint density at radius 2 is 2.33 bits per heavy atom. The lowest BCUT2D eigenvalue weighted by atomic mass is 9.95. The summed E-state index contributed by atoms with van der Waals surface area (Å²) in [5, 5.41) is 9.20. The van der Waals surface area contributed by atoms with E-state index in [1.807, 2.05) is 13.0 Å². The normalized spacial score (nSPS) is 36.7. The molecule has 0 saturated heterocycles. The molecule has 0 amide bonds. The summed E-state index contributed by atoms with van der Waals surface area (Å²) in [5.41, 5.74) is 0. The summed E-state index contributed by atoms with van der Waals surface area (Å²) >= 11 is 0. The van der Waals surface area contributed by atoms with Crippen LogP contribution in [0.5, 0.6) is 0 Å². The number of rotatable bonds is 3. The van der Waals surface area contributed by atoms with Crippen LogP contribution in [-0.2, 0) is 4.74 Å². The van der Waals surface area contributed by atoms with Crippen LogP contribution in [0, 0.1) is 5.92 Å². The number of aliphatic hydroxyl groups is 1. The zero-order valence-corrected chi connectivity index (χ0v) is 9.53. The van der Waals surface area contributed by atoms with E-state index in [0.29, 0.717) is 0 Å². The molecular weight excluding hydrogens is 195 g/mol. The summed E-state index contributed by atoms with van der Waals surface area (Å²) < 4.78 is 19.0. The summed E-state index contributed by atoms with van der Waals surface area (Å²) in [6, 6.07) is 0. The minimum absolute atomic E-state index is 0.0156. The molecule has 0 aromatic heterocycles. The minimum Gasteiger partial charge on any atom is -0.396 e. The third kappa shape index (κ3) is 3.58. The van der Waals surface area contributed by atoms with Crippen LogP contribution in [0.4, 0.5) is 4.39 Å². The molecule has 1 heterocycles. The van der Waals surface area contributed by atoms with Crippen LogP contribution in [0.2, 0.25) is 0 Å². The van der Waals surface area contributed by atoms with Crippen LogP contribution >= 0.6 is 0 Å². The van der Waals surface area contributed by atoms with Gasteiger partial charge in [-0.15, -0.1) is 0 Å². The van der Waals surface area contributed by atoms with Gasteiger partial charge >= 0.3 is 0 Å². The monoisotopic (exact) mass is 216 g/mol. The molecule has 1 rings (SSSR count). The Kier molecular flexibility index (Phi) is 5.26. The molecule has 0 aromatic rings. The largest absolute Gasteiger partial charge is 0.396 e. The maximum Gasteiger partial charge on any atom is 0.144 e. The molecule has 0 saturated carbocycles. The molecule has 1 aliphatic rings. The topological polar surface area (TPSA) is 29.5 Å². The van der Waals surface area contributed by atoms with E-state index in [9.17, 15) is 9.50 Å². The lowest BCUT2D eigenvalue weighted by molar-refractivity contribution is -0.0729. The van der Waals surface area contributed by atoms with Crippen LogP contribution in [0.25, 0.3) is 0 Å². The van der Waals surface area contributed by atoms with Crippen molar-refractivity contribution in [2.75, 3.05) is 6.61 Å². The van der Waals surface area contributed by atoms with Crippen LogP contribution in [0.3, 0.4) is 0 Å². The van der Waals surface area contributed by atoms with Gasteiger partial charge in [0, 0.05) is 12.5 Å². The zero-order chi connectivity index (χ0) is 11.3. The molecule has 0 bridgehead atoms. The second kappa shape index (κ2) is 6.23. The molecule has 2 nitrogen and oxygen atoms in total. The van der Waals surface area contributed by atoms with Crippen molar-refractivity contribution in [2.24, 2.45) is 5.92 Å². The summed E-state index contributed by atoms with van der Waals surface area (Å²) in [6.07, 6.45) is 4.56. The number of aliphatic hydroxyl groups excluding tert-OH is 1. The number of alkyl halides is 1. The average molecular weight is 216 g/mol. The van der Waals surface area contributed by atoms with Gasteiger partial charge in [-0.3, -0.25) is 0 Å². The number of halogens is 1. The van der Waals surface area contributed by atoms with Crippen LogP contribution in [-0.4, -0.2) is 30.1 Å². The Morgan fingerprint density at radius 3 is 2.93 bits per heavy atom. The van der Waals surface area contributed by atoms with Gasteiger partial charge in [0.25, 0.3) is 0 Å². The van der Waals surface area contributed by atoms with Gasteiger partial charge in [-0.05, 0) is 26.2 Å². The van der Waals surface area contributed by atoms with Crippen molar-refractivity contribution in [1.29, 1.82) is 0 Å². The predicted molar refractivity (Wildman–Crippen MR) is 58.5 cm³/mol. The van der Waals surface area contributed by atoms with E-state index < -0.39 is 12.3 Å². The fourth-order valence-corrected chi connectivity index (χ4v) is 1.92. The SMILES string of the molecule is CCC(CO)[C@H]1CC/C=C/C(F)[C@@H](C)O1. The van der Waals surface area contributed by atoms with Gasteiger partial charge < -0.3 is 9.84 Å². The van der Waals surface area contributed by atoms with E-state index in [4.69, 9.17) is 4.74 Å². The lowest BCUT2D eigenvalue weighted by Crippen LogP contribution is -2.34. The first-order valence-electron chi connectivity index (χ1n) is 5.76. The van der Waals surface area contributed by atoms with Crippen LogP contribution < -0.4 is 0 Å². The summed E-state index contributed by atoms with van der Waals surface area (Å²) in [5.74, 6) is 0.131. The van der Waals surface area contributed by atoms with Crippen molar-refractivity contribution < 1.29 is 14.2 Å². The first-order valence-corrected chi connectivity index (χ1v) is 5.76. The van der Waals surface area contributed by atoms with Crippen molar-refractivity contribution in [3.05, 3.63) is 12.2 Å². The maximum absolute atomic E-state index is 13.4. The number of hydrogen-bond acceptors (Lipinski definition) is 2. The van der Waals surface area contributed by atoms with Crippen molar-refractivity contribution in [3.8, 4) is 0 Å². The third-order valence-corrected chi connectivity index (χ3v) is 3.06. The van der Waals surface area contributed by atoms with E-state index in [-0.39, 0.29) is 18.6 Å². The molecule has 4 atom stereocenters. The first kappa shape index (κ1) is 12.7. The second-order valence-electron chi connectivity index (χ2n) is 4.18. The van der Waals surface area contributed by atoms with E-state index in [0.717, 1.165) is 19.3 Å². The minimum atomic E-state index is -1.02. The highest BCUT2D eigenvalue weighted by Gasteiger charge is 2.26. The molecule has 3 heteroatoms. The Bertz CT molecular complexity index is 202. The molecule has 1 aliphatic heterocycles. The van der Waals surface area contributed by atoms with Gasteiger partial charge in [-0.25, -0.2) is 4.39 Å². The Balaban J connectivity index is 2.62. The van der Waals surface area contributed by atoms with E-state index in [1.54, 1.807) is 13.0 Å². The molecule has 1 N–H and O–H groups in total. The van der Waals surface area contributed by atoms with Crippen LogP contribution in [0.15, 0.2) is 12.2 Å². The molecule has 0 aliphatic carbocycles. The molecule has 0 aromatic carbocycles. The molecule has 88 valence electrons. The highest BCUT2D eigenvalue weighted by Crippen LogP contribution is 2.23. The quantitative estimate of drug-likeness (QED) is 0.734. The summed E-state index contributed by atoms with van der Waals surface area (Å²) in [4.78, 5) is 0. The Morgan fingerprint density at radius 1 is 1.60 bits per heavy atom. The predicted octanol–water partition coefficient (Wildman–Crippen LogP) is 2.47. The van der Waals surface area contributed by atoms with E-state index in [1.165, 1.54) is 0 Å². The van der Waals surface area contributed by atoms with Crippen molar-refractivity contribution in [2.45, 2.75) is 51.5 Å². The standard InChI is InChI=1S/C12H21FO2/c1-3-10(8-14)12-7-5-4-6-11(13)9(2)15-12/h4,6,9-12,14H,3,5,7-8H2,1-2H3/b6-4+/t9-,10?,11?,12-/m1/s1.